The van der Waals surface area contributed by atoms with Gasteiger partial charge in [-0.3, -0.25) is 4.57 Å². The van der Waals surface area contributed by atoms with E-state index in [0.29, 0.717) is 5.01 Å². The lowest BCUT2D eigenvalue weighted by Crippen LogP contribution is -2.30. The lowest BCUT2D eigenvalue weighted by molar-refractivity contribution is 0.146. The molecule has 0 atom stereocenters. The van der Waals surface area contributed by atoms with E-state index in [0.717, 1.165) is 0 Å². The van der Waals surface area contributed by atoms with Crippen molar-refractivity contribution >= 4 is 13.6 Å². The van der Waals surface area contributed by atoms with Gasteiger partial charge in [-0.05, 0) is 34.6 Å². The lowest BCUT2D eigenvalue weighted by Gasteiger charge is -2.18. The molecule has 0 heterocycles. The first kappa shape index (κ1) is 20.3. The fraction of sp³-hybridized carbons (Fsp3) is 0.900. The number of primary amides is 1. The van der Waals surface area contributed by atoms with Crippen molar-refractivity contribution in [1.29, 1.82) is 0 Å². The van der Waals surface area contributed by atoms with Gasteiger partial charge in [0.15, 0.2) is 0 Å². The van der Waals surface area contributed by atoms with Crippen molar-refractivity contribution in [2.45, 2.75) is 46.8 Å². The summed E-state index contributed by atoms with van der Waals surface area (Å²) in [5.74, 6) is 0. The SMILES string of the molecule is CC(C)OP(C)(=O)OC(C)C.CCN(N=O)C(N)=O. The Morgan fingerprint density at radius 1 is 1.26 bits per heavy atom. The smallest absolute Gasteiger partial charge is 0.337 e. The third-order valence-corrected chi connectivity index (χ3v) is 3.07. The second-order valence-electron chi connectivity index (χ2n) is 4.22. The molecule has 0 saturated carbocycles. The van der Waals surface area contributed by atoms with Crippen LogP contribution in [-0.2, 0) is 13.6 Å². The van der Waals surface area contributed by atoms with Crippen molar-refractivity contribution in [3.05, 3.63) is 4.91 Å². The maximum absolute atomic E-state index is 11.4. The summed E-state index contributed by atoms with van der Waals surface area (Å²) in [6.07, 6.45) is -0.103. The second-order valence-corrected chi connectivity index (χ2v) is 6.18. The summed E-state index contributed by atoms with van der Waals surface area (Å²) in [7, 11) is -2.80. The highest BCUT2D eigenvalue weighted by molar-refractivity contribution is 7.53. The largest absolute Gasteiger partial charge is 0.350 e. The molecule has 8 nitrogen and oxygen atoms in total. The number of nitrogens with zero attached hydrogens (tertiary/aromatic N) is 2. The average molecular weight is 297 g/mol. The van der Waals surface area contributed by atoms with Crippen LogP contribution in [0.1, 0.15) is 34.6 Å². The first-order valence-electron chi connectivity index (χ1n) is 5.90. The summed E-state index contributed by atoms with van der Waals surface area (Å²) in [6, 6.07) is -0.817. The summed E-state index contributed by atoms with van der Waals surface area (Å²) in [6.45, 7) is 10.7. The number of carbonyl (C=O) groups excluding carboxylic acids is 1. The van der Waals surface area contributed by atoms with Crippen LogP contribution in [0.2, 0.25) is 0 Å². The molecule has 0 unspecified atom stereocenters. The average Bonchev–Trinajstić information content (AvgIpc) is 2.14. The molecular formula is C10H24N3O5P. The number of rotatable bonds is 6. The Morgan fingerprint density at radius 3 is 1.74 bits per heavy atom. The van der Waals surface area contributed by atoms with Gasteiger partial charge in [-0.25, -0.2) is 4.79 Å². The van der Waals surface area contributed by atoms with E-state index in [-0.39, 0.29) is 18.8 Å². The van der Waals surface area contributed by atoms with Crippen LogP contribution in [0.15, 0.2) is 5.29 Å². The third-order valence-electron chi connectivity index (χ3n) is 1.46. The zero-order chi connectivity index (χ0) is 15.6. The van der Waals surface area contributed by atoms with Gasteiger partial charge in [0.25, 0.3) is 0 Å². The number of nitroso groups, excluding NO2 is 1. The van der Waals surface area contributed by atoms with E-state index in [1.54, 1.807) is 6.92 Å². The summed E-state index contributed by atoms with van der Waals surface area (Å²) >= 11 is 0. The number of nitrogens with two attached hydrogens (primary N) is 1. The monoisotopic (exact) mass is 297 g/mol. The molecule has 19 heavy (non-hydrogen) atoms. The minimum atomic E-state index is -2.80. The number of hydrogen-bond acceptors (Lipinski definition) is 6. The Hall–Kier alpha value is -0.980. The van der Waals surface area contributed by atoms with E-state index in [1.807, 2.05) is 27.7 Å². The highest BCUT2D eigenvalue weighted by Crippen LogP contribution is 2.46. The Morgan fingerprint density at radius 2 is 1.63 bits per heavy atom. The standard InChI is InChI=1S/C7H17O3P.C3H7N3O2/c1-6(2)9-11(5,8)10-7(3)4;1-2-6(5-8)3(4)7/h6-7H,1-5H3;2H2,1H3,(H2,4,7). The molecule has 0 bridgehead atoms. The van der Waals surface area contributed by atoms with E-state index >= 15 is 0 Å². The molecule has 0 aromatic heterocycles. The molecule has 0 spiro atoms. The van der Waals surface area contributed by atoms with Crippen LogP contribution in [0, 0.1) is 4.91 Å². The maximum Gasteiger partial charge on any atom is 0.337 e. The Kier molecular flexibility index (Phi) is 10.6. The molecule has 114 valence electrons. The molecule has 0 aliphatic heterocycles. The predicted molar refractivity (Wildman–Crippen MR) is 73.7 cm³/mol. The van der Waals surface area contributed by atoms with E-state index in [2.05, 4.69) is 11.0 Å². The Labute approximate surface area is 114 Å². The maximum atomic E-state index is 11.4. The van der Waals surface area contributed by atoms with Crippen LogP contribution in [0.5, 0.6) is 0 Å². The van der Waals surface area contributed by atoms with Gasteiger partial charge < -0.3 is 14.8 Å². The second kappa shape index (κ2) is 9.89. The molecule has 2 amide bonds. The van der Waals surface area contributed by atoms with Crippen LogP contribution in [0.25, 0.3) is 0 Å². The van der Waals surface area contributed by atoms with Crippen molar-refractivity contribution in [2.75, 3.05) is 13.2 Å². The van der Waals surface area contributed by atoms with Gasteiger partial charge in [-0.1, -0.05) is 0 Å². The highest BCUT2D eigenvalue weighted by Gasteiger charge is 2.19. The van der Waals surface area contributed by atoms with Crippen LogP contribution < -0.4 is 5.73 Å². The molecule has 0 rings (SSSR count). The first-order chi connectivity index (χ1) is 8.55. The molecule has 0 saturated heterocycles. The zero-order valence-electron chi connectivity index (χ0n) is 12.3. The summed E-state index contributed by atoms with van der Waals surface area (Å²) < 4.78 is 21.6. The van der Waals surface area contributed by atoms with Crippen LogP contribution >= 0.6 is 7.60 Å². The van der Waals surface area contributed by atoms with Crippen molar-refractivity contribution in [1.82, 2.24) is 5.01 Å². The van der Waals surface area contributed by atoms with Gasteiger partial charge in [0.1, 0.15) is 0 Å². The van der Waals surface area contributed by atoms with Gasteiger partial charge in [0.05, 0.1) is 17.5 Å². The van der Waals surface area contributed by atoms with Crippen molar-refractivity contribution < 1.29 is 18.4 Å². The van der Waals surface area contributed by atoms with Crippen LogP contribution in [-0.4, -0.2) is 36.5 Å². The molecule has 2 N–H and O–H groups in total. The van der Waals surface area contributed by atoms with Gasteiger partial charge in [0, 0.05) is 13.2 Å². The Balaban J connectivity index is 0. The van der Waals surface area contributed by atoms with E-state index in [1.165, 1.54) is 6.66 Å². The fourth-order valence-electron chi connectivity index (χ4n) is 1.04. The summed E-state index contributed by atoms with van der Waals surface area (Å²) in [5.41, 5.74) is 4.65. The summed E-state index contributed by atoms with van der Waals surface area (Å²) in [5, 5.41) is 2.94. The summed E-state index contributed by atoms with van der Waals surface area (Å²) in [4.78, 5) is 19.6. The first-order valence-corrected chi connectivity index (χ1v) is 7.89. The molecule has 0 fully saturated rings. The molecule has 0 aromatic carbocycles. The van der Waals surface area contributed by atoms with Crippen LogP contribution in [0.3, 0.4) is 0 Å². The number of hydrogen-bond donors (Lipinski definition) is 1. The zero-order valence-corrected chi connectivity index (χ0v) is 13.2. The van der Waals surface area contributed by atoms with Gasteiger partial charge in [0.2, 0.25) is 0 Å². The van der Waals surface area contributed by atoms with Gasteiger partial charge in [-0.2, -0.15) is 5.01 Å². The van der Waals surface area contributed by atoms with E-state index < -0.39 is 13.6 Å². The minimum absolute atomic E-state index is 0.0513. The normalized spacial score (nSPS) is 10.9. The quantitative estimate of drug-likeness (QED) is 0.460. The molecule has 9 heteroatoms. The van der Waals surface area contributed by atoms with Crippen LogP contribution in [0.4, 0.5) is 4.79 Å². The molecule has 0 radical (unpaired) electrons. The minimum Gasteiger partial charge on any atom is -0.350 e. The van der Waals surface area contributed by atoms with Crippen molar-refractivity contribution in [2.24, 2.45) is 11.0 Å². The van der Waals surface area contributed by atoms with E-state index in [4.69, 9.17) is 9.05 Å². The third kappa shape index (κ3) is 13.3. The molecular weight excluding hydrogens is 273 g/mol. The van der Waals surface area contributed by atoms with Crippen molar-refractivity contribution in [3.63, 3.8) is 0 Å². The lowest BCUT2D eigenvalue weighted by atomic mass is 10.5. The number of amides is 2. The van der Waals surface area contributed by atoms with Gasteiger partial charge in [-0.15, -0.1) is 4.91 Å². The van der Waals surface area contributed by atoms with Gasteiger partial charge >= 0.3 is 13.6 Å². The Bertz CT molecular complexity index is 308. The van der Waals surface area contributed by atoms with Crippen molar-refractivity contribution in [3.8, 4) is 0 Å². The van der Waals surface area contributed by atoms with E-state index in [9.17, 15) is 14.3 Å². The highest BCUT2D eigenvalue weighted by atomic mass is 31.2. The fourth-order valence-corrected chi connectivity index (χ4v) is 2.63. The number of urea groups is 1. The molecule has 0 aliphatic rings. The molecule has 0 aromatic rings. The molecule has 0 aliphatic carbocycles. The number of carbonyl (C=O) groups is 1. The topological polar surface area (TPSA) is 111 Å². The predicted octanol–water partition coefficient (Wildman–Crippen LogP) is 2.73.